The number of amides is 2. The molecule has 0 aliphatic carbocycles. The number of anilines is 1. The Bertz CT molecular complexity index is 1340. The van der Waals surface area contributed by atoms with Crippen molar-refractivity contribution in [3.8, 4) is 0 Å². The van der Waals surface area contributed by atoms with Crippen molar-refractivity contribution in [3.63, 3.8) is 0 Å². The van der Waals surface area contributed by atoms with Crippen molar-refractivity contribution in [2.45, 2.75) is 50.6 Å². The molecule has 1 N–H and O–H groups in total. The largest absolute Gasteiger partial charge is 0.354 e. The minimum Gasteiger partial charge on any atom is -0.354 e. The number of nitrogens with one attached hydrogen (secondary N) is 1. The summed E-state index contributed by atoms with van der Waals surface area (Å²) in [6.07, 6.45) is 2.00. The molecular formula is C29H33BrFN3O4S. The van der Waals surface area contributed by atoms with E-state index in [1.165, 1.54) is 29.2 Å². The summed E-state index contributed by atoms with van der Waals surface area (Å²) in [6.45, 7) is 3.76. The second kappa shape index (κ2) is 14.2. The Labute approximate surface area is 238 Å². The number of halogens is 2. The fourth-order valence-electron chi connectivity index (χ4n) is 4.07. The molecule has 1 atom stereocenters. The van der Waals surface area contributed by atoms with Crippen molar-refractivity contribution < 1.29 is 22.4 Å². The first-order valence-electron chi connectivity index (χ1n) is 12.8. The highest BCUT2D eigenvalue weighted by atomic mass is 79.9. The third kappa shape index (κ3) is 8.12. The van der Waals surface area contributed by atoms with Gasteiger partial charge in [-0.15, -0.1) is 0 Å². The van der Waals surface area contributed by atoms with Crippen LogP contribution >= 0.6 is 15.9 Å². The van der Waals surface area contributed by atoms with Crippen LogP contribution in [0, 0.1) is 5.82 Å². The van der Waals surface area contributed by atoms with Gasteiger partial charge in [0.15, 0.2) is 0 Å². The molecule has 2 amide bonds. The van der Waals surface area contributed by atoms with Crippen molar-refractivity contribution in [2.24, 2.45) is 0 Å². The number of sulfonamides is 1. The molecule has 208 valence electrons. The Morgan fingerprint density at radius 2 is 1.59 bits per heavy atom. The van der Waals surface area contributed by atoms with Crippen molar-refractivity contribution >= 4 is 43.5 Å². The Hall–Kier alpha value is -3.24. The van der Waals surface area contributed by atoms with Crippen molar-refractivity contribution in [1.29, 1.82) is 0 Å². The average Bonchev–Trinajstić information content (AvgIpc) is 2.93. The van der Waals surface area contributed by atoms with Crippen molar-refractivity contribution in [2.75, 3.05) is 17.4 Å². The van der Waals surface area contributed by atoms with Gasteiger partial charge in [0.05, 0.1) is 10.6 Å². The first kappa shape index (κ1) is 30.3. The number of hydrogen-bond acceptors (Lipinski definition) is 4. The van der Waals surface area contributed by atoms with Gasteiger partial charge in [-0.25, -0.2) is 12.8 Å². The summed E-state index contributed by atoms with van der Waals surface area (Å²) in [5, 5.41) is 2.88. The standard InChI is InChI=1S/C29H33BrFN3O4S/c1-3-5-19-32-29(36)27(4-2)33(20-22-11-15-24(31)16-12-22)28(35)21-34(25-17-13-23(30)14-18-25)39(37,38)26-9-7-6-8-10-26/h6-18,27H,3-5,19-21H2,1-2H3,(H,32,36)/t27-/m1/s1. The van der Waals surface area contributed by atoms with E-state index >= 15 is 0 Å². The molecule has 10 heteroatoms. The average molecular weight is 619 g/mol. The number of unbranched alkanes of at least 4 members (excludes halogenated alkanes) is 1. The van der Waals surface area contributed by atoms with Crippen LogP contribution in [0.1, 0.15) is 38.7 Å². The van der Waals surface area contributed by atoms with Gasteiger partial charge >= 0.3 is 0 Å². The van der Waals surface area contributed by atoms with Crippen LogP contribution in [0.15, 0.2) is 88.2 Å². The molecular weight excluding hydrogens is 585 g/mol. The minimum atomic E-state index is -4.12. The van der Waals surface area contributed by atoms with E-state index in [9.17, 15) is 22.4 Å². The Kier molecular flexibility index (Phi) is 11.1. The summed E-state index contributed by atoms with van der Waals surface area (Å²) in [4.78, 5) is 28.5. The third-order valence-corrected chi connectivity index (χ3v) is 8.52. The second-order valence-corrected chi connectivity index (χ2v) is 11.8. The predicted molar refractivity (Wildman–Crippen MR) is 154 cm³/mol. The quantitative estimate of drug-likeness (QED) is 0.256. The first-order chi connectivity index (χ1) is 18.7. The molecule has 0 aromatic heterocycles. The molecule has 0 aliphatic rings. The maximum absolute atomic E-state index is 13.9. The van der Waals surface area contributed by atoms with Crippen LogP contribution in [0.4, 0.5) is 10.1 Å². The fraction of sp³-hybridized carbons (Fsp3) is 0.310. The van der Waals surface area contributed by atoms with Crippen LogP contribution in [-0.2, 0) is 26.2 Å². The maximum atomic E-state index is 13.9. The van der Waals surface area contributed by atoms with Crippen LogP contribution in [0.2, 0.25) is 0 Å². The van der Waals surface area contributed by atoms with Gasteiger partial charge in [-0.05, 0) is 66.9 Å². The molecule has 0 saturated heterocycles. The molecule has 0 heterocycles. The highest BCUT2D eigenvalue weighted by Crippen LogP contribution is 2.26. The molecule has 3 aromatic rings. The Morgan fingerprint density at radius 3 is 2.18 bits per heavy atom. The number of carbonyl (C=O) groups is 2. The topological polar surface area (TPSA) is 86.8 Å². The molecule has 0 radical (unpaired) electrons. The van der Waals surface area contributed by atoms with E-state index in [0.717, 1.165) is 21.6 Å². The minimum absolute atomic E-state index is 0.0123. The van der Waals surface area contributed by atoms with Crippen LogP contribution in [0.5, 0.6) is 0 Å². The molecule has 0 fully saturated rings. The number of nitrogens with zero attached hydrogens (tertiary/aromatic N) is 2. The van der Waals surface area contributed by atoms with Gasteiger partial charge in [-0.2, -0.15) is 0 Å². The number of benzene rings is 3. The number of carbonyl (C=O) groups excluding carboxylic acids is 2. The molecule has 0 aliphatic heterocycles. The molecule has 39 heavy (non-hydrogen) atoms. The summed E-state index contributed by atoms with van der Waals surface area (Å²) in [5.74, 6) is -1.29. The lowest BCUT2D eigenvalue weighted by molar-refractivity contribution is -0.140. The fourth-order valence-corrected chi connectivity index (χ4v) is 5.77. The lowest BCUT2D eigenvalue weighted by Crippen LogP contribution is -2.52. The summed E-state index contributed by atoms with van der Waals surface area (Å²) < 4.78 is 42.9. The van der Waals surface area contributed by atoms with Crippen LogP contribution in [0.3, 0.4) is 0 Å². The van der Waals surface area contributed by atoms with E-state index in [1.54, 1.807) is 61.5 Å². The van der Waals surface area contributed by atoms with E-state index in [0.29, 0.717) is 24.2 Å². The van der Waals surface area contributed by atoms with Gasteiger partial charge < -0.3 is 10.2 Å². The summed E-state index contributed by atoms with van der Waals surface area (Å²) >= 11 is 3.36. The smallest absolute Gasteiger partial charge is 0.264 e. The van der Waals surface area contributed by atoms with E-state index in [4.69, 9.17) is 0 Å². The van der Waals surface area contributed by atoms with Gasteiger partial charge in [0.2, 0.25) is 11.8 Å². The van der Waals surface area contributed by atoms with E-state index in [2.05, 4.69) is 21.2 Å². The van der Waals surface area contributed by atoms with Gasteiger partial charge in [-0.3, -0.25) is 13.9 Å². The number of rotatable bonds is 13. The molecule has 0 spiro atoms. The zero-order valence-corrected chi connectivity index (χ0v) is 24.4. The summed E-state index contributed by atoms with van der Waals surface area (Å²) in [7, 11) is -4.12. The predicted octanol–water partition coefficient (Wildman–Crippen LogP) is 5.51. The van der Waals surface area contributed by atoms with Gasteiger partial charge in [-0.1, -0.05) is 66.5 Å². The summed E-state index contributed by atoms with van der Waals surface area (Å²) in [6, 6.07) is 19.3. The van der Waals surface area contributed by atoms with Crippen molar-refractivity contribution in [1.82, 2.24) is 10.2 Å². The van der Waals surface area contributed by atoms with Crippen LogP contribution < -0.4 is 9.62 Å². The van der Waals surface area contributed by atoms with E-state index < -0.39 is 34.3 Å². The highest BCUT2D eigenvalue weighted by molar-refractivity contribution is 9.10. The van der Waals surface area contributed by atoms with E-state index in [1.807, 2.05) is 6.92 Å². The molecule has 7 nitrogen and oxygen atoms in total. The zero-order valence-electron chi connectivity index (χ0n) is 22.0. The molecule has 3 rings (SSSR count). The SMILES string of the molecule is CCCCNC(=O)[C@@H](CC)N(Cc1ccc(F)cc1)C(=O)CN(c1ccc(Br)cc1)S(=O)(=O)c1ccccc1. The van der Waals surface area contributed by atoms with E-state index in [-0.39, 0.29) is 17.3 Å². The highest BCUT2D eigenvalue weighted by Gasteiger charge is 2.33. The van der Waals surface area contributed by atoms with Crippen LogP contribution in [-0.4, -0.2) is 44.3 Å². The molecule has 0 bridgehead atoms. The lowest BCUT2D eigenvalue weighted by atomic mass is 10.1. The zero-order chi connectivity index (χ0) is 28.4. The van der Waals surface area contributed by atoms with Gasteiger partial charge in [0.25, 0.3) is 10.0 Å². The normalized spacial score (nSPS) is 12.0. The lowest BCUT2D eigenvalue weighted by Gasteiger charge is -2.33. The Balaban J connectivity index is 2.01. The van der Waals surface area contributed by atoms with Crippen LogP contribution in [0.25, 0.3) is 0 Å². The van der Waals surface area contributed by atoms with Gasteiger partial charge in [0, 0.05) is 17.6 Å². The first-order valence-corrected chi connectivity index (χ1v) is 15.1. The summed E-state index contributed by atoms with van der Waals surface area (Å²) in [5.41, 5.74) is 0.920. The molecule has 0 unspecified atom stereocenters. The number of hydrogen-bond donors (Lipinski definition) is 1. The maximum Gasteiger partial charge on any atom is 0.264 e. The molecule has 0 saturated carbocycles. The van der Waals surface area contributed by atoms with Crippen molar-refractivity contribution in [3.05, 3.63) is 94.7 Å². The molecule has 3 aromatic carbocycles. The monoisotopic (exact) mass is 617 g/mol. The second-order valence-electron chi connectivity index (χ2n) is 9.02. The third-order valence-electron chi connectivity index (χ3n) is 6.21. The Morgan fingerprint density at radius 1 is 0.949 bits per heavy atom. The van der Waals surface area contributed by atoms with Gasteiger partial charge in [0.1, 0.15) is 18.4 Å².